The molecular formula is C6H11N3OS. The summed E-state index contributed by atoms with van der Waals surface area (Å²) in [5.41, 5.74) is 0. The molecule has 0 saturated carbocycles. The number of methoxy groups -OCH3 is 1. The van der Waals surface area contributed by atoms with Gasteiger partial charge in [-0.2, -0.15) is 10.3 Å². The topological polar surface area (TPSA) is 50.8 Å². The summed E-state index contributed by atoms with van der Waals surface area (Å²) in [6.45, 7) is 2.82. The monoisotopic (exact) mass is 173 g/mol. The molecule has 4 nitrogen and oxygen atoms in total. The first-order chi connectivity index (χ1) is 5.33. The van der Waals surface area contributed by atoms with Crippen molar-refractivity contribution in [3.05, 3.63) is 6.20 Å². The summed E-state index contributed by atoms with van der Waals surface area (Å²) < 4.78 is 4.97. The smallest absolute Gasteiger partial charge is 0.139 e. The summed E-state index contributed by atoms with van der Waals surface area (Å²) in [6, 6.07) is 0. The van der Waals surface area contributed by atoms with E-state index in [4.69, 9.17) is 4.74 Å². The molecule has 0 aliphatic heterocycles. The van der Waals surface area contributed by atoms with E-state index in [0.29, 0.717) is 5.25 Å². The predicted octanol–water partition coefficient (Wildman–Crippen LogP) is 0.932. The van der Waals surface area contributed by atoms with Crippen LogP contribution in [0.15, 0.2) is 11.2 Å². The van der Waals surface area contributed by atoms with Crippen LogP contribution < -0.4 is 0 Å². The average Bonchev–Trinajstić information content (AvgIpc) is 2.40. The van der Waals surface area contributed by atoms with E-state index in [-0.39, 0.29) is 0 Å². The second-order valence-electron chi connectivity index (χ2n) is 2.19. The molecule has 1 aromatic heterocycles. The Balaban J connectivity index is 2.31. The van der Waals surface area contributed by atoms with Crippen molar-refractivity contribution in [1.29, 1.82) is 0 Å². The van der Waals surface area contributed by atoms with Crippen LogP contribution in [0, 0.1) is 0 Å². The summed E-state index contributed by atoms with van der Waals surface area (Å²) in [5.74, 6) is 0. The van der Waals surface area contributed by atoms with Crippen molar-refractivity contribution >= 4 is 11.8 Å². The van der Waals surface area contributed by atoms with E-state index in [1.807, 2.05) is 0 Å². The van der Waals surface area contributed by atoms with Gasteiger partial charge < -0.3 is 4.74 Å². The molecule has 62 valence electrons. The lowest BCUT2D eigenvalue weighted by molar-refractivity contribution is 0.203. The highest BCUT2D eigenvalue weighted by atomic mass is 32.2. The van der Waals surface area contributed by atoms with Gasteiger partial charge in [-0.15, -0.1) is 5.10 Å². The van der Waals surface area contributed by atoms with Crippen LogP contribution in [0.25, 0.3) is 0 Å². The minimum atomic E-state index is 0.421. The van der Waals surface area contributed by atoms with Crippen LogP contribution in [0.4, 0.5) is 0 Å². The zero-order valence-electron chi connectivity index (χ0n) is 6.57. The van der Waals surface area contributed by atoms with Crippen LogP contribution in [-0.2, 0) is 4.74 Å². The van der Waals surface area contributed by atoms with Gasteiger partial charge in [-0.1, -0.05) is 18.7 Å². The molecule has 11 heavy (non-hydrogen) atoms. The first-order valence-corrected chi connectivity index (χ1v) is 4.22. The maximum Gasteiger partial charge on any atom is 0.139 e. The summed E-state index contributed by atoms with van der Waals surface area (Å²) >= 11 is 1.64. The van der Waals surface area contributed by atoms with Gasteiger partial charge in [-0.3, -0.25) is 0 Å². The number of hydrogen-bond acceptors (Lipinski definition) is 4. The normalized spacial score (nSPS) is 13.3. The number of rotatable bonds is 4. The second-order valence-corrected chi connectivity index (χ2v) is 3.65. The van der Waals surface area contributed by atoms with Crippen molar-refractivity contribution in [1.82, 2.24) is 15.4 Å². The van der Waals surface area contributed by atoms with Crippen molar-refractivity contribution in [3.63, 3.8) is 0 Å². The first-order valence-electron chi connectivity index (χ1n) is 3.34. The number of thioether (sulfide) groups is 1. The highest BCUT2D eigenvalue weighted by Crippen LogP contribution is 2.18. The number of ether oxygens (including phenoxy) is 1. The summed E-state index contributed by atoms with van der Waals surface area (Å²) in [6.07, 6.45) is 1.71. The van der Waals surface area contributed by atoms with Crippen LogP contribution >= 0.6 is 11.8 Å². The maximum atomic E-state index is 4.97. The molecule has 0 aliphatic rings. The molecule has 1 atom stereocenters. The lowest BCUT2D eigenvalue weighted by Crippen LogP contribution is -2.04. The van der Waals surface area contributed by atoms with Crippen molar-refractivity contribution in [2.45, 2.75) is 17.2 Å². The number of nitrogens with zero attached hydrogens (tertiary/aromatic N) is 2. The van der Waals surface area contributed by atoms with Gasteiger partial charge in [0, 0.05) is 12.4 Å². The zero-order chi connectivity index (χ0) is 8.10. The van der Waals surface area contributed by atoms with Crippen LogP contribution in [0.1, 0.15) is 6.92 Å². The number of aromatic nitrogens is 3. The Morgan fingerprint density at radius 2 is 2.64 bits per heavy atom. The number of hydrogen-bond donors (Lipinski definition) is 1. The fraction of sp³-hybridized carbons (Fsp3) is 0.667. The van der Waals surface area contributed by atoms with E-state index >= 15 is 0 Å². The van der Waals surface area contributed by atoms with Crippen molar-refractivity contribution in [2.75, 3.05) is 13.7 Å². The Morgan fingerprint density at radius 3 is 3.18 bits per heavy atom. The Labute approximate surface area is 69.7 Å². The van der Waals surface area contributed by atoms with Gasteiger partial charge in [0.05, 0.1) is 12.8 Å². The predicted molar refractivity (Wildman–Crippen MR) is 43.6 cm³/mol. The van der Waals surface area contributed by atoms with Crippen molar-refractivity contribution in [3.8, 4) is 0 Å². The standard InChI is InChI=1S/C6H11N3OS/c1-5(4-10-2)11-6-3-7-9-8-6/h3,5H,4H2,1-2H3,(H,7,8,9). The molecule has 0 aromatic carbocycles. The lowest BCUT2D eigenvalue weighted by Gasteiger charge is -2.05. The van der Waals surface area contributed by atoms with Crippen LogP contribution in [0.5, 0.6) is 0 Å². The van der Waals surface area contributed by atoms with Crippen molar-refractivity contribution in [2.24, 2.45) is 0 Å². The van der Waals surface area contributed by atoms with Gasteiger partial charge in [0.25, 0.3) is 0 Å². The number of H-pyrrole nitrogens is 1. The fourth-order valence-corrected chi connectivity index (χ4v) is 1.55. The van der Waals surface area contributed by atoms with E-state index in [1.54, 1.807) is 25.1 Å². The number of nitrogens with one attached hydrogen (secondary N) is 1. The fourth-order valence-electron chi connectivity index (χ4n) is 0.723. The quantitative estimate of drug-likeness (QED) is 0.688. The molecule has 0 amide bonds. The Morgan fingerprint density at radius 1 is 1.82 bits per heavy atom. The third-order valence-corrected chi connectivity index (χ3v) is 2.09. The Hall–Kier alpha value is -0.550. The molecule has 0 aliphatic carbocycles. The molecule has 1 unspecified atom stereocenters. The van der Waals surface area contributed by atoms with Gasteiger partial charge in [-0.25, -0.2) is 0 Å². The summed E-state index contributed by atoms with van der Waals surface area (Å²) in [5, 5.41) is 11.5. The summed E-state index contributed by atoms with van der Waals surface area (Å²) in [7, 11) is 1.69. The molecule has 0 fully saturated rings. The third-order valence-electron chi connectivity index (χ3n) is 1.12. The Kier molecular flexibility index (Phi) is 3.38. The molecule has 1 aromatic rings. The van der Waals surface area contributed by atoms with E-state index in [9.17, 15) is 0 Å². The highest BCUT2D eigenvalue weighted by molar-refractivity contribution is 7.99. The average molecular weight is 173 g/mol. The van der Waals surface area contributed by atoms with Crippen molar-refractivity contribution < 1.29 is 4.74 Å². The Bertz CT molecular complexity index is 190. The molecule has 0 bridgehead atoms. The van der Waals surface area contributed by atoms with Gasteiger partial charge in [0.15, 0.2) is 0 Å². The van der Waals surface area contributed by atoms with Crippen LogP contribution in [0.2, 0.25) is 0 Å². The second kappa shape index (κ2) is 4.35. The first kappa shape index (κ1) is 8.55. The van der Waals surface area contributed by atoms with Gasteiger partial charge in [0.1, 0.15) is 5.03 Å². The minimum Gasteiger partial charge on any atom is -0.384 e. The van der Waals surface area contributed by atoms with E-state index in [0.717, 1.165) is 11.6 Å². The maximum absolute atomic E-state index is 4.97. The SMILES string of the molecule is COCC(C)Sc1cn[nH]n1. The minimum absolute atomic E-state index is 0.421. The van der Waals surface area contributed by atoms with E-state index < -0.39 is 0 Å². The van der Waals surface area contributed by atoms with Gasteiger partial charge in [-0.05, 0) is 0 Å². The third kappa shape index (κ3) is 2.90. The van der Waals surface area contributed by atoms with Gasteiger partial charge >= 0.3 is 0 Å². The van der Waals surface area contributed by atoms with Gasteiger partial charge in [0.2, 0.25) is 0 Å². The molecule has 0 radical (unpaired) electrons. The van der Waals surface area contributed by atoms with Crippen LogP contribution in [-0.4, -0.2) is 34.4 Å². The van der Waals surface area contributed by atoms with Crippen LogP contribution in [0.3, 0.4) is 0 Å². The zero-order valence-corrected chi connectivity index (χ0v) is 7.39. The number of aromatic amines is 1. The van der Waals surface area contributed by atoms with E-state index in [1.165, 1.54) is 0 Å². The van der Waals surface area contributed by atoms with E-state index in [2.05, 4.69) is 22.3 Å². The lowest BCUT2D eigenvalue weighted by atomic mass is 10.5. The molecule has 1 rings (SSSR count). The highest BCUT2D eigenvalue weighted by Gasteiger charge is 2.04. The molecule has 1 N–H and O–H groups in total. The molecule has 5 heteroatoms. The molecule has 0 spiro atoms. The largest absolute Gasteiger partial charge is 0.384 e. The molecule has 0 saturated heterocycles. The molecular weight excluding hydrogens is 162 g/mol. The summed E-state index contributed by atoms with van der Waals surface area (Å²) in [4.78, 5) is 0. The molecule has 1 heterocycles.